The largest absolute Gasteiger partial charge is 0.348 e. The number of nitrogens with zero attached hydrogens (tertiary/aromatic N) is 1. The molecule has 3 N–H and O–H groups in total. The second kappa shape index (κ2) is 6.61. The van der Waals surface area contributed by atoms with Gasteiger partial charge in [-0.3, -0.25) is 9.59 Å². The van der Waals surface area contributed by atoms with Crippen LogP contribution >= 0.6 is 11.8 Å². The Morgan fingerprint density at radius 3 is 2.63 bits per heavy atom. The van der Waals surface area contributed by atoms with Gasteiger partial charge in [0.15, 0.2) is 0 Å². The van der Waals surface area contributed by atoms with E-state index in [2.05, 4.69) is 5.32 Å². The number of hydrogen-bond acceptors (Lipinski definition) is 4. The van der Waals surface area contributed by atoms with Crippen LogP contribution in [-0.2, 0) is 9.59 Å². The number of nitrogens with two attached hydrogens (primary N) is 1. The summed E-state index contributed by atoms with van der Waals surface area (Å²) in [5.74, 6) is 1.45. The third-order valence-electron chi connectivity index (χ3n) is 3.91. The second-order valence-corrected chi connectivity index (χ2v) is 6.50. The number of amides is 2. The quantitative estimate of drug-likeness (QED) is 0.784. The van der Waals surface area contributed by atoms with Crippen molar-refractivity contribution in [3.8, 4) is 0 Å². The van der Waals surface area contributed by atoms with Crippen molar-refractivity contribution in [2.45, 2.75) is 45.7 Å². The molecule has 1 saturated heterocycles. The number of hydrogen-bond donors (Lipinski definition) is 2. The summed E-state index contributed by atoms with van der Waals surface area (Å²) < 4.78 is 0. The number of nitrogens with one attached hydrogen (secondary N) is 1. The molecule has 1 aliphatic rings. The highest BCUT2D eigenvalue weighted by atomic mass is 32.2. The lowest BCUT2D eigenvalue weighted by molar-refractivity contribution is -0.138. The molecule has 1 fully saturated rings. The third-order valence-corrected chi connectivity index (χ3v) is 4.93. The molecule has 19 heavy (non-hydrogen) atoms. The van der Waals surface area contributed by atoms with Crippen molar-refractivity contribution in [2.75, 3.05) is 18.2 Å². The summed E-state index contributed by atoms with van der Waals surface area (Å²) >= 11 is 1.62. The van der Waals surface area contributed by atoms with Crippen LogP contribution in [0.15, 0.2) is 0 Å². The van der Waals surface area contributed by atoms with Crippen LogP contribution < -0.4 is 11.1 Å². The average molecular weight is 287 g/mol. The van der Waals surface area contributed by atoms with E-state index in [0.717, 1.165) is 0 Å². The van der Waals surface area contributed by atoms with Crippen molar-refractivity contribution in [1.82, 2.24) is 10.2 Å². The van der Waals surface area contributed by atoms with Crippen LogP contribution in [0.5, 0.6) is 0 Å². The molecule has 1 aliphatic heterocycles. The molecule has 0 saturated carbocycles. The molecule has 110 valence electrons. The first-order chi connectivity index (χ1) is 8.85. The van der Waals surface area contributed by atoms with Gasteiger partial charge < -0.3 is 16.0 Å². The van der Waals surface area contributed by atoms with Crippen LogP contribution in [-0.4, -0.2) is 46.5 Å². The van der Waals surface area contributed by atoms with E-state index in [4.69, 9.17) is 5.73 Å². The Balaban J connectivity index is 2.74. The van der Waals surface area contributed by atoms with E-state index in [9.17, 15) is 9.59 Å². The van der Waals surface area contributed by atoms with Gasteiger partial charge in [0.25, 0.3) is 0 Å². The van der Waals surface area contributed by atoms with Crippen LogP contribution in [0.4, 0.5) is 0 Å². The number of rotatable bonds is 5. The van der Waals surface area contributed by atoms with Gasteiger partial charge in [-0.1, -0.05) is 20.8 Å². The van der Waals surface area contributed by atoms with Gasteiger partial charge >= 0.3 is 0 Å². The van der Waals surface area contributed by atoms with Crippen molar-refractivity contribution < 1.29 is 9.59 Å². The molecule has 0 aromatic heterocycles. The summed E-state index contributed by atoms with van der Waals surface area (Å²) in [5.41, 5.74) is 5.35. The van der Waals surface area contributed by atoms with E-state index < -0.39 is 5.54 Å². The Kier molecular flexibility index (Phi) is 5.67. The monoisotopic (exact) mass is 287 g/mol. The van der Waals surface area contributed by atoms with Crippen molar-refractivity contribution in [1.29, 1.82) is 0 Å². The standard InChI is InChI=1S/C13H25N3O2S/c1-5-11(17)16-8-19-6-10(16)12(18)15-13(4,7-14)9(2)3/h9-10H,5-8,14H2,1-4H3,(H,15,18). The highest BCUT2D eigenvalue weighted by molar-refractivity contribution is 7.99. The van der Waals surface area contributed by atoms with E-state index in [1.807, 2.05) is 27.7 Å². The normalized spacial score (nSPS) is 22.4. The molecule has 0 aromatic rings. The Morgan fingerprint density at radius 2 is 2.16 bits per heavy atom. The summed E-state index contributed by atoms with van der Waals surface area (Å²) in [6.45, 7) is 8.22. The molecule has 0 aromatic carbocycles. The molecule has 1 rings (SSSR count). The highest BCUT2D eigenvalue weighted by Crippen LogP contribution is 2.23. The number of thioether (sulfide) groups is 1. The van der Waals surface area contributed by atoms with Gasteiger partial charge in [-0.25, -0.2) is 0 Å². The first kappa shape index (κ1) is 16.3. The molecule has 2 unspecified atom stereocenters. The Labute approximate surface area is 119 Å². The van der Waals surface area contributed by atoms with E-state index in [0.29, 0.717) is 24.6 Å². The molecule has 1 heterocycles. The van der Waals surface area contributed by atoms with E-state index in [1.165, 1.54) is 0 Å². The van der Waals surface area contributed by atoms with Crippen molar-refractivity contribution in [3.63, 3.8) is 0 Å². The SMILES string of the molecule is CCC(=O)N1CSCC1C(=O)NC(C)(CN)C(C)C. The Bertz CT molecular complexity index is 349. The minimum atomic E-state index is -0.425. The van der Waals surface area contributed by atoms with Gasteiger partial charge in [-0.2, -0.15) is 0 Å². The zero-order valence-electron chi connectivity index (χ0n) is 12.2. The van der Waals surface area contributed by atoms with Gasteiger partial charge in [0.1, 0.15) is 6.04 Å². The molecule has 2 atom stereocenters. The fourth-order valence-corrected chi connectivity index (χ4v) is 3.09. The van der Waals surface area contributed by atoms with Crippen molar-refractivity contribution >= 4 is 23.6 Å². The Morgan fingerprint density at radius 1 is 1.53 bits per heavy atom. The molecule has 0 radical (unpaired) electrons. The lowest BCUT2D eigenvalue weighted by Gasteiger charge is -2.35. The maximum atomic E-state index is 12.4. The van der Waals surface area contributed by atoms with Gasteiger partial charge in [0, 0.05) is 18.7 Å². The predicted octanol–water partition coefficient (Wildman–Crippen LogP) is 0.788. The number of carbonyl (C=O) groups excluding carboxylic acids is 2. The van der Waals surface area contributed by atoms with Gasteiger partial charge in [-0.15, -0.1) is 11.8 Å². The second-order valence-electron chi connectivity index (χ2n) is 5.50. The molecule has 0 spiro atoms. The zero-order chi connectivity index (χ0) is 14.6. The summed E-state index contributed by atoms with van der Waals surface area (Å²) in [5, 5.41) is 3.02. The first-order valence-electron chi connectivity index (χ1n) is 6.75. The van der Waals surface area contributed by atoms with Crippen molar-refractivity contribution in [3.05, 3.63) is 0 Å². The van der Waals surface area contributed by atoms with Gasteiger partial charge in [0.05, 0.1) is 11.4 Å². The molecular formula is C13H25N3O2S. The fraction of sp³-hybridized carbons (Fsp3) is 0.846. The zero-order valence-corrected chi connectivity index (χ0v) is 13.0. The summed E-state index contributed by atoms with van der Waals surface area (Å²) in [6, 6.07) is -0.359. The summed E-state index contributed by atoms with van der Waals surface area (Å²) in [7, 11) is 0. The lowest BCUT2D eigenvalue weighted by Crippen LogP contribution is -2.59. The summed E-state index contributed by atoms with van der Waals surface area (Å²) in [6.07, 6.45) is 0.433. The topological polar surface area (TPSA) is 75.4 Å². The smallest absolute Gasteiger partial charge is 0.244 e. The van der Waals surface area contributed by atoms with Crippen LogP contribution in [0, 0.1) is 5.92 Å². The lowest BCUT2D eigenvalue weighted by atomic mass is 9.88. The Hall–Kier alpha value is -0.750. The van der Waals surface area contributed by atoms with Crippen LogP contribution in [0.2, 0.25) is 0 Å². The van der Waals surface area contributed by atoms with Gasteiger partial charge in [-0.05, 0) is 12.8 Å². The molecule has 0 bridgehead atoms. The van der Waals surface area contributed by atoms with Crippen LogP contribution in [0.3, 0.4) is 0 Å². The molecular weight excluding hydrogens is 262 g/mol. The first-order valence-corrected chi connectivity index (χ1v) is 7.90. The van der Waals surface area contributed by atoms with Gasteiger partial charge in [0.2, 0.25) is 11.8 Å². The maximum absolute atomic E-state index is 12.4. The molecule has 2 amide bonds. The van der Waals surface area contributed by atoms with E-state index in [-0.39, 0.29) is 23.8 Å². The minimum absolute atomic E-state index is 0.0316. The maximum Gasteiger partial charge on any atom is 0.244 e. The van der Waals surface area contributed by atoms with E-state index in [1.54, 1.807) is 16.7 Å². The number of carbonyl (C=O) groups is 2. The molecule has 0 aliphatic carbocycles. The van der Waals surface area contributed by atoms with Crippen molar-refractivity contribution in [2.24, 2.45) is 11.7 Å². The minimum Gasteiger partial charge on any atom is -0.348 e. The predicted molar refractivity (Wildman–Crippen MR) is 78.7 cm³/mol. The van der Waals surface area contributed by atoms with Crippen LogP contribution in [0.1, 0.15) is 34.1 Å². The average Bonchev–Trinajstić information content (AvgIpc) is 2.86. The molecule has 5 nitrogen and oxygen atoms in total. The molecule has 6 heteroatoms. The summed E-state index contributed by atoms with van der Waals surface area (Å²) in [4.78, 5) is 25.9. The fourth-order valence-electron chi connectivity index (χ4n) is 1.90. The highest BCUT2D eigenvalue weighted by Gasteiger charge is 2.37. The van der Waals surface area contributed by atoms with Crippen LogP contribution in [0.25, 0.3) is 0 Å². The van der Waals surface area contributed by atoms with E-state index >= 15 is 0 Å². The third kappa shape index (κ3) is 3.63.